The average molecular weight is 359 g/mol. The van der Waals surface area contributed by atoms with Crippen molar-refractivity contribution in [3.05, 3.63) is 32.6 Å². The molecule has 5 atom stereocenters. The van der Waals surface area contributed by atoms with Crippen LogP contribution in [0.3, 0.4) is 0 Å². The van der Waals surface area contributed by atoms with E-state index in [-0.39, 0.29) is 5.56 Å². The van der Waals surface area contributed by atoms with Crippen molar-refractivity contribution in [3.8, 4) is 0 Å². The maximum absolute atomic E-state index is 15.3. The quantitative estimate of drug-likeness (QED) is 0.593. The molecule has 2 heterocycles. The minimum atomic E-state index is -2.41. The van der Waals surface area contributed by atoms with Crippen LogP contribution in [-0.4, -0.2) is 50.6 Å². The van der Waals surface area contributed by atoms with Gasteiger partial charge in [-0.05, 0) is 27.7 Å². The number of alkyl halides is 1. The van der Waals surface area contributed by atoms with Crippen LogP contribution in [0.1, 0.15) is 32.6 Å². The summed E-state index contributed by atoms with van der Waals surface area (Å²) >= 11 is 0. The first-order valence-corrected chi connectivity index (χ1v) is 7.70. The van der Waals surface area contributed by atoms with Crippen LogP contribution in [0, 0.1) is 6.92 Å². The zero-order chi connectivity index (χ0) is 19.2. The van der Waals surface area contributed by atoms with E-state index in [4.69, 9.17) is 15.2 Å². The highest BCUT2D eigenvalue weighted by atomic mass is 19.1. The number of ether oxygens (including phenoxy) is 2. The lowest BCUT2D eigenvalue weighted by Gasteiger charge is -2.33. The number of aromatic nitrogens is 2. The number of esters is 1. The van der Waals surface area contributed by atoms with E-state index in [1.165, 1.54) is 20.8 Å². The second kappa shape index (κ2) is 6.36. The number of hydrogen-bond donors (Lipinski definition) is 3. The Kier molecular flexibility index (Phi) is 4.90. The van der Waals surface area contributed by atoms with Gasteiger partial charge in [-0.1, -0.05) is 0 Å². The van der Waals surface area contributed by atoms with E-state index >= 15 is 4.39 Å². The number of aryl methyl sites for hydroxylation is 1. The second-order valence-electron chi connectivity index (χ2n) is 6.60. The summed E-state index contributed by atoms with van der Waals surface area (Å²) in [4.78, 5) is 37.0. The molecule has 9 nitrogen and oxygen atoms in total. The first-order valence-electron chi connectivity index (χ1n) is 7.70. The Morgan fingerprint density at radius 1 is 1.56 bits per heavy atom. The molecule has 0 amide bonds. The van der Waals surface area contributed by atoms with E-state index < -0.39 is 53.5 Å². The highest BCUT2D eigenvalue weighted by Crippen LogP contribution is 2.47. The zero-order valence-corrected chi connectivity index (χ0v) is 14.4. The normalized spacial score (nSPS) is 33.2. The fraction of sp³-hybridized carbons (Fsp3) is 0.667. The molecule has 1 unspecified atom stereocenters. The number of aliphatic hydroxyl groups is 1. The van der Waals surface area contributed by atoms with Crippen molar-refractivity contribution < 1.29 is 23.8 Å². The molecule has 0 radical (unpaired) electrons. The number of rotatable bonds is 4. The summed E-state index contributed by atoms with van der Waals surface area (Å²) in [5, 5.41) is 10.6. The van der Waals surface area contributed by atoms with Crippen LogP contribution in [0.5, 0.6) is 0 Å². The SMILES string of the molecule is Cc1cn([C@@H]2O[C@H](COC(=O)C(C)N)[C@@](C)(O)[C@@]2(C)F)c(=O)[nH]c1=O. The zero-order valence-electron chi connectivity index (χ0n) is 14.4. The number of H-pyrrole nitrogens is 1. The lowest BCUT2D eigenvalue weighted by atomic mass is 9.84. The van der Waals surface area contributed by atoms with E-state index in [0.29, 0.717) is 0 Å². The van der Waals surface area contributed by atoms with Gasteiger partial charge < -0.3 is 20.3 Å². The van der Waals surface area contributed by atoms with Crippen LogP contribution < -0.4 is 17.0 Å². The van der Waals surface area contributed by atoms with Gasteiger partial charge in [0.25, 0.3) is 5.56 Å². The Hall–Kier alpha value is -2.04. The molecule has 140 valence electrons. The summed E-state index contributed by atoms with van der Waals surface area (Å²) in [5.74, 6) is -0.736. The summed E-state index contributed by atoms with van der Waals surface area (Å²) in [6.45, 7) is 4.67. The Balaban J connectivity index is 2.36. The van der Waals surface area contributed by atoms with Gasteiger partial charge in [-0.3, -0.25) is 19.1 Å². The number of nitrogens with two attached hydrogens (primary N) is 1. The molecular weight excluding hydrogens is 337 g/mol. The van der Waals surface area contributed by atoms with E-state index in [2.05, 4.69) is 4.98 Å². The van der Waals surface area contributed by atoms with E-state index in [1.54, 1.807) is 0 Å². The third-order valence-corrected chi connectivity index (χ3v) is 4.52. The fourth-order valence-electron chi connectivity index (χ4n) is 2.56. The summed E-state index contributed by atoms with van der Waals surface area (Å²) in [5.41, 5.74) is -0.413. The van der Waals surface area contributed by atoms with Gasteiger partial charge in [-0.15, -0.1) is 0 Å². The molecule has 0 spiro atoms. The third-order valence-electron chi connectivity index (χ3n) is 4.52. The largest absolute Gasteiger partial charge is 0.462 e. The van der Waals surface area contributed by atoms with Gasteiger partial charge in [-0.2, -0.15) is 0 Å². The smallest absolute Gasteiger partial charge is 0.330 e. The number of halogens is 1. The summed E-state index contributed by atoms with van der Waals surface area (Å²) in [6, 6.07) is -0.886. The number of hydrogen-bond acceptors (Lipinski definition) is 7. The molecule has 1 fully saturated rings. The van der Waals surface area contributed by atoms with Crippen molar-refractivity contribution in [1.29, 1.82) is 0 Å². The number of carbonyl (C=O) groups is 1. The molecule has 1 aromatic rings. The van der Waals surface area contributed by atoms with Crippen LogP contribution in [-0.2, 0) is 14.3 Å². The van der Waals surface area contributed by atoms with Gasteiger partial charge in [-0.25, -0.2) is 9.18 Å². The topological polar surface area (TPSA) is 137 Å². The van der Waals surface area contributed by atoms with Gasteiger partial charge in [0.1, 0.15) is 24.4 Å². The van der Waals surface area contributed by atoms with Crippen molar-refractivity contribution in [2.75, 3.05) is 6.61 Å². The number of nitrogens with zero attached hydrogens (tertiary/aromatic N) is 1. The molecule has 25 heavy (non-hydrogen) atoms. The molecule has 0 aromatic carbocycles. The standard InChI is InChI=1S/C15H22FN3O6/c1-7-5-19(13(22)18-10(7)20)12-14(3,16)15(4,23)9(25-12)6-24-11(21)8(2)17/h5,8-9,12,23H,6,17H2,1-4H3,(H,18,20,22)/t8?,9-,12-,14+,15-/m1/s1. The molecule has 10 heteroatoms. The van der Waals surface area contributed by atoms with Crippen molar-refractivity contribution in [2.24, 2.45) is 5.73 Å². The second-order valence-corrected chi connectivity index (χ2v) is 6.60. The van der Waals surface area contributed by atoms with Crippen LogP contribution in [0.2, 0.25) is 0 Å². The predicted molar refractivity (Wildman–Crippen MR) is 84.7 cm³/mol. The summed E-state index contributed by atoms with van der Waals surface area (Å²) in [7, 11) is 0. The third kappa shape index (κ3) is 3.24. The molecule has 1 aliphatic heterocycles. The number of nitrogens with one attached hydrogen (secondary N) is 1. The predicted octanol–water partition coefficient (Wildman–Crippen LogP) is -0.888. The molecule has 1 aromatic heterocycles. The molecule has 4 N–H and O–H groups in total. The van der Waals surface area contributed by atoms with Crippen molar-refractivity contribution in [2.45, 2.75) is 57.3 Å². The van der Waals surface area contributed by atoms with Gasteiger partial charge in [0.2, 0.25) is 0 Å². The van der Waals surface area contributed by atoms with Gasteiger partial charge in [0, 0.05) is 11.8 Å². The van der Waals surface area contributed by atoms with Crippen LogP contribution in [0.25, 0.3) is 0 Å². The van der Waals surface area contributed by atoms with E-state index in [9.17, 15) is 19.5 Å². The lowest BCUT2D eigenvalue weighted by Crippen LogP contribution is -2.53. The van der Waals surface area contributed by atoms with E-state index in [1.807, 2.05) is 0 Å². The minimum Gasteiger partial charge on any atom is -0.462 e. The maximum Gasteiger partial charge on any atom is 0.330 e. The maximum atomic E-state index is 15.3. The highest BCUT2D eigenvalue weighted by molar-refractivity contribution is 5.74. The lowest BCUT2D eigenvalue weighted by molar-refractivity contribution is -0.154. The number of carbonyl (C=O) groups excluding carboxylic acids is 1. The van der Waals surface area contributed by atoms with Crippen molar-refractivity contribution in [1.82, 2.24) is 9.55 Å². The Bertz CT molecular complexity index is 782. The average Bonchev–Trinajstić information content (AvgIpc) is 2.67. The minimum absolute atomic E-state index is 0.172. The van der Waals surface area contributed by atoms with Crippen molar-refractivity contribution in [3.63, 3.8) is 0 Å². The Labute approximate surface area is 142 Å². The number of aromatic amines is 1. The van der Waals surface area contributed by atoms with Gasteiger partial charge in [0.15, 0.2) is 11.9 Å². The van der Waals surface area contributed by atoms with Crippen LogP contribution in [0.15, 0.2) is 15.8 Å². The molecular formula is C15H22FN3O6. The molecule has 0 saturated carbocycles. The Morgan fingerprint density at radius 3 is 2.72 bits per heavy atom. The van der Waals surface area contributed by atoms with Gasteiger partial charge >= 0.3 is 11.7 Å². The molecule has 0 bridgehead atoms. The molecule has 1 aliphatic rings. The monoisotopic (exact) mass is 359 g/mol. The fourth-order valence-corrected chi connectivity index (χ4v) is 2.56. The van der Waals surface area contributed by atoms with Crippen molar-refractivity contribution >= 4 is 5.97 Å². The van der Waals surface area contributed by atoms with Crippen LogP contribution in [0.4, 0.5) is 4.39 Å². The highest BCUT2D eigenvalue weighted by Gasteiger charge is 2.63. The van der Waals surface area contributed by atoms with Crippen LogP contribution >= 0.6 is 0 Å². The van der Waals surface area contributed by atoms with Gasteiger partial charge in [0.05, 0.1) is 0 Å². The Morgan fingerprint density at radius 2 is 2.16 bits per heavy atom. The molecule has 0 aliphatic carbocycles. The summed E-state index contributed by atoms with van der Waals surface area (Å²) in [6.07, 6.45) is -1.62. The molecule has 2 rings (SSSR count). The molecule has 1 saturated heterocycles. The first kappa shape index (κ1) is 19.3. The summed E-state index contributed by atoms with van der Waals surface area (Å²) < 4.78 is 26.5. The first-order chi connectivity index (χ1) is 11.4. The van der Waals surface area contributed by atoms with E-state index in [0.717, 1.165) is 17.7 Å².